The van der Waals surface area contributed by atoms with Gasteiger partial charge < -0.3 is 5.11 Å². The number of halogens is 1. The molecular weight excluding hydrogens is 326 g/mol. The van der Waals surface area contributed by atoms with Gasteiger partial charge in [0.1, 0.15) is 5.01 Å². The molecule has 0 atom stereocenters. The number of benzene rings is 2. The smallest absolute Gasteiger partial charge is 0.335 e. The van der Waals surface area contributed by atoms with Crippen LogP contribution in [-0.2, 0) is 0 Å². The van der Waals surface area contributed by atoms with Crippen LogP contribution in [0.25, 0.3) is 20.8 Å². The highest BCUT2D eigenvalue weighted by Crippen LogP contribution is 2.31. The summed E-state index contributed by atoms with van der Waals surface area (Å²) in [6.45, 7) is 0. The molecule has 5 heteroatoms. The van der Waals surface area contributed by atoms with Crippen molar-refractivity contribution in [3.05, 3.63) is 52.5 Å². The molecule has 0 saturated heterocycles. The molecule has 0 aliphatic carbocycles. The number of aromatic carboxylic acids is 1. The summed E-state index contributed by atoms with van der Waals surface area (Å²) in [7, 11) is 0. The Hall–Kier alpha value is -1.72. The van der Waals surface area contributed by atoms with Crippen LogP contribution in [0.2, 0.25) is 0 Å². The molecule has 0 aliphatic rings. The van der Waals surface area contributed by atoms with Crippen LogP contribution in [0.4, 0.5) is 0 Å². The summed E-state index contributed by atoms with van der Waals surface area (Å²) in [5.74, 6) is -0.917. The SMILES string of the molecule is O=C(O)c1ccc2nc(-c3cccc(Br)c3)sc2c1. The Morgan fingerprint density at radius 3 is 2.79 bits per heavy atom. The van der Waals surface area contributed by atoms with Crippen LogP contribution in [0.1, 0.15) is 10.4 Å². The maximum absolute atomic E-state index is 10.9. The number of hydrogen-bond donors (Lipinski definition) is 1. The van der Waals surface area contributed by atoms with Crippen LogP contribution in [0.15, 0.2) is 46.9 Å². The molecule has 0 radical (unpaired) electrons. The normalized spacial score (nSPS) is 10.8. The van der Waals surface area contributed by atoms with Gasteiger partial charge in [-0.05, 0) is 30.3 Å². The second-order valence-corrected chi connectivity index (χ2v) is 5.96. The molecule has 0 aliphatic heterocycles. The summed E-state index contributed by atoms with van der Waals surface area (Å²) in [6, 6.07) is 12.9. The Morgan fingerprint density at radius 2 is 2.05 bits per heavy atom. The van der Waals surface area contributed by atoms with E-state index in [1.807, 2.05) is 24.3 Å². The Bertz CT molecular complexity index is 782. The van der Waals surface area contributed by atoms with Gasteiger partial charge in [0.2, 0.25) is 0 Å². The van der Waals surface area contributed by atoms with E-state index in [2.05, 4.69) is 20.9 Å². The van der Waals surface area contributed by atoms with Crippen LogP contribution in [0.3, 0.4) is 0 Å². The maximum Gasteiger partial charge on any atom is 0.335 e. The van der Waals surface area contributed by atoms with Crippen molar-refractivity contribution in [2.24, 2.45) is 0 Å². The van der Waals surface area contributed by atoms with E-state index in [0.717, 1.165) is 25.3 Å². The van der Waals surface area contributed by atoms with Crippen molar-refractivity contribution in [3.8, 4) is 10.6 Å². The summed E-state index contributed by atoms with van der Waals surface area (Å²) in [6.07, 6.45) is 0. The highest BCUT2D eigenvalue weighted by atomic mass is 79.9. The molecule has 19 heavy (non-hydrogen) atoms. The van der Waals surface area contributed by atoms with Crippen LogP contribution in [0.5, 0.6) is 0 Å². The molecule has 94 valence electrons. The number of carboxylic acids is 1. The Balaban J connectivity index is 2.14. The van der Waals surface area contributed by atoms with Crippen molar-refractivity contribution >= 4 is 43.5 Å². The zero-order valence-electron chi connectivity index (χ0n) is 9.63. The zero-order chi connectivity index (χ0) is 13.4. The third-order valence-electron chi connectivity index (χ3n) is 2.71. The molecule has 0 saturated carbocycles. The summed E-state index contributed by atoms with van der Waals surface area (Å²) >= 11 is 4.93. The summed E-state index contributed by atoms with van der Waals surface area (Å²) in [4.78, 5) is 15.5. The van der Waals surface area contributed by atoms with Crippen LogP contribution >= 0.6 is 27.3 Å². The highest BCUT2D eigenvalue weighted by molar-refractivity contribution is 9.10. The van der Waals surface area contributed by atoms with Gasteiger partial charge in [0.05, 0.1) is 15.8 Å². The van der Waals surface area contributed by atoms with E-state index in [0.29, 0.717) is 0 Å². The van der Waals surface area contributed by atoms with Gasteiger partial charge in [0.25, 0.3) is 0 Å². The highest BCUT2D eigenvalue weighted by Gasteiger charge is 2.09. The second-order valence-electron chi connectivity index (χ2n) is 4.02. The van der Waals surface area contributed by atoms with E-state index in [1.54, 1.807) is 18.2 Å². The largest absolute Gasteiger partial charge is 0.478 e. The number of fused-ring (bicyclic) bond motifs is 1. The fourth-order valence-corrected chi connectivity index (χ4v) is 3.20. The minimum Gasteiger partial charge on any atom is -0.478 e. The summed E-state index contributed by atoms with van der Waals surface area (Å²) in [5.41, 5.74) is 2.13. The monoisotopic (exact) mass is 333 g/mol. The van der Waals surface area contributed by atoms with Gasteiger partial charge in [-0.3, -0.25) is 0 Å². The molecule has 0 bridgehead atoms. The first-order valence-electron chi connectivity index (χ1n) is 5.53. The van der Waals surface area contributed by atoms with E-state index in [9.17, 15) is 4.79 Å². The Kier molecular flexibility index (Phi) is 3.08. The summed E-state index contributed by atoms with van der Waals surface area (Å²) in [5, 5.41) is 9.87. The molecule has 0 amide bonds. The maximum atomic E-state index is 10.9. The number of thiazole rings is 1. The predicted octanol–water partition coefficient (Wildman–Crippen LogP) is 4.42. The molecule has 2 aromatic carbocycles. The minimum atomic E-state index is -0.917. The van der Waals surface area contributed by atoms with Crippen molar-refractivity contribution in [2.75, 3.05) is 0 Å². The lowest BCUT2D eigenvalue weighted by Gasteiger charge is -1.95. The lowest BCUT2D eigenvalue weighted by molar-refractivity contribution is 0.0697. The van der Waals surface area contributed by atoms with Crippen LogP contribution in [-0.4, -0.2) is 16.1 Å². The standard InChI is InChI=1S/C14H8BrNO2S/c15-10-3-1-2-8(6-10)13-16-11-5-4-9(14(17)18)7-12(11)19-13/h1-7H,(H,17,18). The van der Waals surface area contributed by atoms with Crippen LogP contribution < -0.4 is 0 Å². The van der Waals surface area contributed by atoms with Gasteiger partial charge >= 0.3 is 5.97 Å². The van der Waals surface area contributed by atoms with Crippen molar-refractivity contribution in [1.82, 2.24) is 4.98 Å². The van der Waals surface area contributed by atoms with Gasteiger partial charge in [-0.15, -0.1) is 11.3 Å². The van der Waals surface area contributed by atoms with Gasteiger partial charge in [-0.2, -0.15) is 0 Å². The van der Waals surface area contributed by atoms with E-state index >= 15 is 0 Å². The van der Waals surface area contributed by atoms with E-state index in [4.69, 9.17) is 5.11 Å². The van der Waals surface area contributed by atoms with Gasteiger partial charge in [-0.1, -0.05) is 28.1 Å². The number of aromatic nitrogens is 1. The molecule has 0 spiro atoms. The molecule has 0 unspecified atom stereocenters. The van der Waals surface area contributed by atoms with E-state index in [-0.39, 0.29) is 5.56 Å². The van der Waals surface area contributed by atoms with Crippen molar-refractivity contribution in [1.29, 1.82) is 0 Å². The molecule has 3 aromatic rings. The average molecular weight is 334 g/mol. The first kappa shape index (κ1) is 12.3. The van der Waals surface area contributed by atoms with E-state index in [1.165, 1.54) is 11.3 Å². The fourth-order valence-electron chi connectivity index (χ4n) is 1.80. The predicted molar refractivity (Wildman–Crippen MR) is 79.7 cm³/mol. The summed E-state index contributed by atoms with van der Waals surface area (Å²) < 4.78 is 1.88. The zero-order valence-corrected chi connectivity index (χ0v) is 12.0. The fraction of sp³-hybridized carbons (Fsp3) is 0. The van der Waals surface area contributed by atoms with Crippen LogP contribution in [0, 0.1) is 0 Å². The first-order valence-corrected chi connectivity index (χ1v) is 7.14. The molecule has 3 nitrogen and oxygen atoms in total. The second kappa shape index (κ2) is 4.75. The van der Waals surface area contributed by atoms with Gasteiger partial charge in [0.15, 0.2) is 0 Å². The number of carbonyl (C=O) groups is 1. The van der Waals surface area contributed by atoms with Gasteiger partial charge in [-0.25, -0.2) is 9.78 Å². The van der Waals surface area contributed by atoms with Crippen molar-refractivity contribution in [2.45, 2.75) is 0 Å². The quantitative estimate of drug-likeness (QED) is 0.754. The number of rotatable bonds is 2. The molecular formula is C14H8BrNO2S. The van der Waals surface area contributed by atoms with Gasteiger partial charge in [0, 0.05) is 10.0 Å². The van der Waals surface area contributed by atoms with Crippen molar-refractivity contribution in [3.63, 3.8) is 0 Å². The topological polar surface area (TPSA) is 50.2 Å². The lowest BCUT2D eigenvalue weighted by atomic mass is 10.2. The third-order valence-corrected chi connectivity index (χ3v) is 4.27. The minimum absolute atomic E-state index is 0.289. The number of hydrogen-bond acceptors (Lipinski definition) is 3. The molecule has 0 fully saturated rings. The first-order chi connectivity index (χ1) is 9.13. The molecule has 3 rings (SSSR count). The number of nitrogens with zero attached hydrogens (tertiary/aromatic N) is 1. The van der Waals surface area contributed by atoms with Crippen molar-refractivity contribution < 1.29 is 9.90 Å². The molecule has 1 heterocycles. The Labute approximate surface area is 121 Å². The molecule has 1 N–H and O–H groups in total. The molecule has 1 aromatic heterocycles. The number of carboxylic acid groups (broad SMARTS) is 1. The Morgan fingerprint density at radius 1 is 1.21 bits per heavy atom. The third kappa shape index (κ3) is 2.39. The lowest BCUT2D eigenvalue weighted by Crippen LogP contribution is -1.94. The average Bonchev–Trinajstić information content (AvgIpc) is 2.81. The van der Waals surface area contributed by atoms with E-state index < -0.39 is 5.97 Å².